The lowest BCUT2D eigenvalue weighted by Gasteiger charge is -2.16. The molecule has 0 aromatic carbocycles. The molecule has 0 amide bonds. The minimum absolute atomic E-state index is 0.107. The second-order valence-corrected chi connectivity index (χ2v) is 6.04. The SMILES string of the molecule is CCn1ncc(Br)c1C(NN)c1ccc(Cl)s1. The molecule has 0 aliphatic heterocycles. The molecule has 1 atom stereocenters. The van der Waals surface area contributed by atoms with Gasteiger partial charge in [0.1, 0.15) is 0 Å². The Morgan fingerprint density at radius 1 is 1.65 bits per heavy atom. The largest absolute Gasteiger partial charge is 0.270 e. The summed E-state index contributed by atoms with van der Waals surface area (Å²) >= 11 is 11.0. The van der Waals surface area contributed by atoms with Gasteiger partial charge in [-0.2, -0.15) is 5.10 Å². The molecule has 92 valence electrons. The molecule has 0 saturated carbocycles. The Bertz CT molecular complexity index is 510. The van der Waals surface area contributed by atoms with Crippen LogP contribution in [0, 0.1) is 0 Å². The highest BCUT2D eigenvalue weighted by Gasteiger charge is 2.21. The highest BCUT2D eigenvalue weighted by Crippen LogP contribution is 2.33. The van der Waals surface area contributed by atoms with Gasteiger partial charge in [-0.05, 0) is 35.0 Å². The van der Waals surface area contributed by atoms with Crippen molar-refractivity contribution in [3.05, 3.63) is 37.7 Å². The lowest BCUT2D eigenvalue weighted by atomic mass is 10.2. The summed E-state index contributed by atoms with van der Waals surface area (Å²) in [4.78, 5) is 1.06. The van der Waals surface area contributed by atoms with Gasteiger partial charge in [0.25, 0.3) is 0 Å². The molecule has 0 bridgehead atoms. The van der Waals surface area contributed by atoms with E-state index in [1.165, 1.54) is 11.3 Å². The van der Waals surface area contributed by atoms with Crippen molar-refractivity contribution in [1.29, 1.82) is 0 Å². The monoisotopic (exact) mass is 334 g/mol. The van der Waals surface area contributed by atoms with Crippen molar-refractivity contribution in [3.63, 3.8) is 0 Å². The molecule has 2 rings (SSSR count). The highest BCUT2D eigenvalue weighted by atomic mass is 79.9. The third kappa shape index (κ3) is 2.56. The van der Waals surface area contributed by atoms with E-state index in [1.807, 2.05) is 23.7 Å². The van der Waals surface area contributed by atoms with E-state index in [0.29, 0.717) is 0 Å². The summed E-state index contributed by atoms with van der Waals surface area (Å²) in [6, 6.07) is 3.73. The van der Waals surface area contributed by atoms with Crippen LogP contribution in [0.4, 0.5) is 0 Å². The van der Waals surface area contributed by atoms with E-state index in [0.717, 1.165) is 25.9 Å². The van der Waals surface area contributed by atoms with Crippen LogP contribution in [0.15, 0.2) is 22.8 Å². The normalized spacial score (nSPS) is 12.9. The lowest BCUT2D eigenvalue weighted by molar-refractivity contribution is 0.547. The first-order valence-corrected chi connectivity index (χ1v) is 7.08. The predicted octanol–water partition coefficient (Wildman–Crippen LogP) is 2.93. The van der Waals surface area contributed by atoms with Gasteiger partial charge in [0.2, 0.25) is 0 Å². The molecule has 0 radical (unpaired) electrons. The Morgan fingerprint density at radius 3 is 2.94 bits per heavy atom. The van der Waals surface area contributed by atoms with Crippen molar-refractivity contribution in [3.8, 4) is 0 Å². The molecule has 3 N–H and O–H groups in total. The van der Waals surface area contributed by atoms with Crippen molar-refractivity contribution < 1.29 is 0 Å². The lowest BCUT2D eigenvalue weighted by Crippen LogP contribution is -2.30. The first-order chi connectivity index (χ1) is 8.17. The summed E-state index contributed by atoms with van der Waals surface area (Å²) in [5, 5.41) is 4.28. The van der Waals surface area contributed by atoms with E-state index in [2.05, 4.69) is 26.5 Å². The number of halogens is 2. The Balaban J connectivity index is 2.44. The number of hydrogen-bond donors (Lipinski definition) is 2. The van der Waals surface area contributed by atoms with E-state index in [1.54, 1.807) is 6.20 Å². The maximum absolute atomic E-state index is 5.95. The molecule has 0 aliphatic carbocycles. The molecule has 2 aromatic rings. The summed E-state index contributed by atoms with van der Waals surface area (Å²) in [5.41, 5.74) is 3.82. The molecule has 7 heteroatoms. The van der Waals surface area contributed by atoms with Crippen LogP contribution >= 0.6 is 38.9 Å². The Labute approximate surface area is 117 Å². The molecular weight excluding hydrogens is 324 g/mol. The van der Waals surface area contributed by atoms with E-state index in [4.69, 9.17) is 17.4 Å². The fourth-order valence-corrected chi connectivity index (χ4v) is 3.34. The average Bonchev–Trinajstić information content (AvgIpc) is 2.89. The second kappa shape index (κ2) is 5.49. The van der Waals surface area contributed by atoms with E-state index < -0.39 is 0 Å². The summed E-state index contributed by atoms with van der Waals surface area (Å²) in [6.07, 6.45) is 1.78. The molecule has 2 aromatic heterocycles. The molecular formula is C10H12BrClN4S. The van der Waals surface area contributed by atoms with Crippen LogP contribution in [0.2, 0.25) is 4.34 Å². The quantitative estimate of drug-likeness (QED) is 0.667. The number of aromatic nitrogens is 2. The molecule has 0 fully saturated rings. The van der Waals surface area contributed by atoms with Gasteiger partial charge in [-0.25, -0.2) is 5.43 Å². The van der Waals surface area contributed by atoms with Gasteiger partial charge in [0.05, 0.1) is 26.7 Å². The van der Waals surface area contributed by atoms with E-state index in [-0.39, 0.29) is 6.04 Å². The second-order valence-electron chi connectivity index (χ2n) is 3.44. The molecule has 17 heavy (non-hydrogen) atoms. The molecule has 1 unspecified atom stereocenters. The van der Waals surface area contributed by atoms with Crippen molar-refractivity contribution >= 4 is 38.9 Å². The van der Waals surface area contributed by atoms with Crippen LogP contribution in [-0.2, 0) is 6.54 Å². The summed E-state index contributed by atoms with van der Waals surface area (Å²) in [7, 11) is 0. The maximum atomic E-state index is 5.95. The van der Waals surface area contributed by atoms with Crippen LogP contribution in [-0.4, -0.2) is 9.78 Å². The Morgan fingerprint density at radius 2 is 2.41 bits per heavy atom. The third-order valence-corrected chi connectivity index (χ3v) is 4.36. The number of rotatable bonds is 4. The van der Waals surface area contributed by atoms with Gasteiger partial charge in [-0.3, -0.25) is 10.5 Å². The smallest absolute Gasteiger partial charge is 0.0982 e. The molecule has 0 aliphatic rings. The van der Waals surface area contributed by atoms with Gasteiger partial charge in [0.15, 0.2) is 0 Å². The fourth-order valence-electron chi connectivity index (χ4n) is 1.69. The topological polar surface area (TPSA) is 55.9 Å². The van der Waals surface area contributed by atoms with Gasteiger partial charge < -0.3 is 0 Å². The third-order valence-electron chi connectivity index (χ3n) is 2.45. The van der Waals surface area contributed by atoms with Gasteiger partial charge in [-0.15, -0.1) is 11.3 Å². The standard InChI is InChI=1S/C10H12BrClN4S/c1-2-16-10(6(11)5-14-16)9(15-13)7-3-4-8(12)17-7/h3-5,9,15H,2,13H2,1H3. The van der Waals surface area contributed by atoms with Crippen LogP contribution < -0.4 is 11.3 Å². The van der Waals surface area contributed by atoms with E-state index >= 15 is 0 Å². The molecule has 2 heterocycles. The van der Waals surface area contributed by atoms with Crippen molar-refractivity contribution in [2.24, 2.45) is 5.84 Å². The number of nitrogens with zero attached hydrogens (tertiary/aromatic N) is 2. The minimum Gasteiger partial charge on any atom is -0.270 e. The zero-order valence-electron chi connectivity index (χ0n) is 9.15. The first kappa shape index (κ1) is 13.0. The maximum Gasteiger partial charge on any atom is 0.0982 e. The Hall–Kier alpha value is -0.400. The zero-order valence-corrected chi connectivity index (χ0v) is 12.3. The van der Waals surface area contributed by atoms with Gasteiger partial charge in [-0.1, -0.05) is 11.6 Å². The molecule has 4 nitrogen and oxygen atoms in total. The number of hydrazine groups is 1. The molecule has 0 spiro atoms. The zero-order chi connectivity index (χ0) is 12.4. The number of hydrogen-bond acceptors (Lipinski definition) is 4. The average molecular weight is 336 g/mol. The van der Waals surface area contributed by atoms with Crippen LogP contribution in [0.5, 0.6) is 0 Å². The summed E-state index contributed by atoms with van der Waals surface area (Å²) in [5.74, 6) is 5.65. The number of aryl methyl sites for hydroxylation is 1. The van der Waals surface area contributed by atoms with Crippen LogP contribution in [0.1, 0.15) is 23.5 Å². The Kier molecular flexibility index (Phi) is 4.22. The minimum atomic E-state index is -0.107. The first-order valence-electron chi connectivity index (χ1n) is 5.10. The molecule has 0 saturated heterocycles. The van der Waals surface area contributed by atoms with Crippen molar-refractivity contribution in [1.82, 2.24) is 15.2 Å². The van der Waals surface area contributed by atoms with Gasteiger partial charge in [0, 0.05) is 11.4 Å². The summed E-state index contributed by atoms with van der Waals surface area (Å²) < 4.78 is 3.59. The summed E-state index contributed by atoms with van der Waals surface area (Å²) in [6.45, 7) is 2.83. The van der Waals surface area contributed by atoms with Crippen LogP contribution in [0.25, 0.3) is 0 Å². The number of thiophene rings is 1. The number of nitrogens with two attached hydrogens (primary N) is 1. The van der Waals surface area contributed by atoms with Crippen molar-refractivity contribution in [2.45, 2.75) is 19.5 Å². The van der Waals surface area contributed by atoms with Crippen LogP contribution in [0.3, 0.4) is 0 Å². The fraction of sp³-hybridized carbons (Fsp3) is 0.300. The highest BCUT2D eigenvalue weighted by molar-refractivity contribution is 9.10. The predicted molar refractivity (Wildman–Crippen MR) is 74.1 cm³/mol. The van der Waals surface area contributed by atoms with Crippen molar-refractivity contribution in [2.75, 3.05) is 0 Å². The van der Waals surface area contributed by atoms with E-state index in [9.17, 15) is 0 Å². The number of nitrogens with one attached hydrogen (secondary N) is 1. The van der Waals surface area contributed by atoms with Gasteiger partial charge >= 0.3 is 0 Å².